The first-order valence-electron chi connectivity index (χ1n) is 14.4. The van der Waals surface area contributed by atoms with Crippen LogP contribution in [0.25, 0.3) is 21.9 Å². The lowest BCUT2D eigenvalue weighted by molar-refractivity contribution is 0.0885. The lowest BCUT2D eigenvalue weighted by Crippen LogP contribution is -2.61. The standard InChI is InChI=1S/C39H32ClNO/c1-38(2)34-23-20-27-14-10-11-17-32(27)36(34)41(3)39(38)25-30(26-12-6-4-7-13-26)24-33(28-18-21-31(40)22-19-28)35(39)37(42)29-15-8-5-9-16-29/h4-25,35H,1-3H3. The van der Waals surface area contributed by atoms with Gasteiger partial charge in [-0.15, -0.1) is 0 Å². The number of nitrogens with zero attached hydrogens (tertiary/aromatic N) is 1. The summed E-state index contributed by atoms with van der Waals surface area (Å²) in [6, 6.07) is 41.2. The number of allylic oxidation sites excluding steroid dienone is 2. The van der Waals surface area contributed by atoms with Gasteiger partial charge in [-0.2, -0.15) is 0 Å². The summed E-state index contributed by atoms with van der Waals surface area (Å²) in [6.45, 7) is 4.61. The minimum Gasteiger partial charge on any atom is -0.363 e. The molecular weight excluding hydrogens is 534 g/mol. The van der Waals surface area contributed by atoms with E-state index in [2.05, 4.69) is 98.6 Å². The summed E-state index contributed by atoms with van der Waals surface area (Å²) in [5.74, 6) is -0.378. The maximum Gasteiger partial charge on any atom is 0.173 e. The maximum atomic E-state index is 15.0. The Bertz CT molecular complexity index is 1890. The van der Waals surface area contributed by atoms with Crippen molar-refractivity contribution < 1.29 is 4.79 Å². The van der Waals surface area contributed by atoms with Gasteiger partial charge >= 0.3 is 0 Å². The predicted molar refractivity (Wildman–Crippen MR) is 176 cm³/mol. The highest BCUT2D eigenvalue weighted by molar-refractivity contribution is 6.30. The van der Waals surface area contributed by atoms with E-state index in [4.69, 9.17) is 11.6 Å². The number of rotatable bonds is 4. The molecule has 1 aliphatic heterocycles. The summed E-state index contributed by atoms with van der Waals surface area (Å²) >= 11 is 6.37. The number of benzene rings is 5. The van der Waals surface area contributed by atoms with Crippen molar-refractivity contribution in [2.75, 3.05) is 11.9 Å². The number of fused-ring (bicyclic) bond motifs is 3. The Balaban J connectivity index is 1.57. The first-order chi connectivity index (χ1) is 20.3. The predicted octanol–water partition coefficient (Wildman–Crippen LogP) is 9.64. The van der Waals surface area contributed by atoms with Crippen LogP contribution in [0.2, 0.25) is 5.02 Å². The molecule has 5 aromatic carbocycles. The Hall–Kier alpha value is -4.40. The molecule has 1 spiro atoms. The smallest absolute Gasteiger partial charge is 0.173 e. The molecule has 0 aromatic heterocycles. The van der Waals surface area contributed by atoms with Crippen LogP contribution in [0.1, 0.15) is 40.9 Å². The molecule has 0 radical (unpaired) electrons. The van der Waals surface area contributed by atoms with Crippen LogP contribution in [0.15, 0.2) is 133 Å². The van der Waals surface area contributed by atoms with E-state index in [1.165, 1.54) is 22.0 Å². The normalized spacial score (nSPS) is 20.8. The minimum atomic E-state index is -0.707. The molecule has 0 fully saturated rings. The monoisotopic (exact) mass is 565 g/mol. The topological polar surface area (TPSA) is 20.3 Å². The second-order valence-electron chi connectivity index (χ2n) is 11.9. The van der Waals surface area contributed by atoms with E-state index in [0.29, 0.717) is 10.6 Å². The van der Waals surface area contributed by atoms with E-state index in [9.17, 15) is 4.79 Å². The molecule has 2 aliphatic rings. The van der Waals surface area contributed by atoms with E-state index in [-0.39, 0.29) is 5.78 Å². The van der Waals surface area contributed by atoms with Gasteiger partial charge in [-0.25, -0.2) is 0 Å². The highest BCUT2D eigenvalue weighted by atomic mass is 35.5. The summed E-state index contributed by atoms with van der Waals surface area (Å²) in [5, 5.41) is 3.07. The van der Waals surface area contributed by atoms with Crippen molar-refractivity contribution in [2.45, 2.75) is 24.8 Å². The third kappa shape index (κ3) is 3.82. The summed E-state index contributed by atoms with van der Waals surface area (Å²) in [7, 11) is 2.18. The van der Waals surface area contributed by atoms with Crippen molar-refractivity contribution in [1.29, 1.82) is 0 Å². The van der Waals surface area contributed by atoms with E-state index < -0.39 is 16.9 Å². The fraction of sp³-hybridized carbons (Fsp3) is 0.154. The lowest BCUT2D eigenvalue weighted by Gasteiger charge is -2.52. The van der Waals surface area contributed by atoms with Crippen molar-refractivity contribution >= 4 is 45.0 Å². The molecule has 2 unspecified atom stereocenters. The number of hydrogen-bond acceptors (Lipinski definition) is 2. The Kier molecular flexibility index (Phi) is 6.22. The summed E-state index contributed by atoms with van der Waals surface area (Å²) in [5.41, 5.74) is 6.24. The van der Waals surface area contributed by atoms with E-state index >= 15 is 0 Å². The van der Waals surface area contributed by atoms with Gasteiger partial charge in [0.25, 0.3) is 0 Å². The number of halogens is 1. The molecule has 1 heterocycles. The number of hydrogen-bond donors (Lipinski definition) is 0. The van der Waals surface area contributed by atoms with Crippen molar-refractivity contribution in [2.24, 2.45) is 5.92 Å². The first-order valence-corrected chi connectivity index (χ1v) is 14.8. The fourth-order valence-corrected chi connectivity index (χ4v) is 7.55. The Morgan fingerprint density at radius 3 is 2.10 bits per heavy atom. The molecule has 0 N–H and O–H groups in total. The summed E-state index contributed by atoms with van der Waals surface area (Å²) < 4.78 is 0. The second kappa shape index (κ2) is 9.86. The minimum absolute atomic E-state index is 0.109. The Morgan fingerprint density at radius 2 is 1.38 bits per heavy atom. The van der Waals surface area contributed by atoms with Crippen LogP contribution in [0.5, 0.6) is 0 Å². The number of Topliss-reactive ketones (excluding diaryl/α,β-unsaturated/α-hetero) is 1. The molecule has 3 heteroatoms. The molecule has 0 saturated carbocycles. The number of carbonyl (C=O) groups is 1. The molecule has 2 nitrogen and oxygen atoms in total. The lowest BCUT2D eigenvalue weighted by atomic mass is 9.57. The first kappa shape index (κ1) is 26.5. The van der Waals surface area contributed by atoms with Crippen LogP contribution in [-0.4, -0.2) is 18.4 Å². The third-order valence-electron chi connectivity index (χ3n) is 9.51. The van der Waals surface area contributed by atoms with Gasteiger partial charge in [0.15, 0.2) is 5.78 Å². The third-order valence-corrected chi connectivity index (χ3v) is 9.76. The van der Waals surface area contributed by atoms with Gasteiger partial charge in [-0.05, 0) is 57.5 Å². The molecule has 206 valence electrons. The Labute approximate surface area is 252 Å². The molecular formula is C39H32ClNO. The summed E-state index contributed by atoms with van der Waals surface area (Å²) in [6.07, 6.45) is 4.60. The molecule has 0 saturated heterocycles. The molecule has 0 amide bonds. The zero-order valence-corrected chi connectivity index (χ0v) is 24.8. The highest BCUT2D eigenvalue weighted by Crippen LogP contribution is 2.61. The SMILES string of the molecule is CN1c2c(ccc3ccccc23)C(C)(C)C12C=C(c1ccccc1)C=C(c1ccc(Cl)cc1)C2C(=O)c1ccccc1. The van der Waals surface area contributed by atoms with E-state index in [0.717, 1.165) is 22.3 Å². The highest BCUT2D eigenvalue weighted by Gasteiger charge is 2.62. The van der Waals surface area contributed by atoms with Crippen molar-refractivity contribution in [1.82, 2.24) is 0 Å². The molecule has 2 atom stereocenters. The molecule has 5 aromatic rings. The largest absolute Gasteiger partial charge is 0.363 e. The van der Waals surface area contributed by atoms with Crippen LogP contribution >= 0.6 is 11.6 Å². The van der Waals surface area contributed by atoms with Crippen LogP contribution in [0.3, 0.4) is 0 Å². The maximum absolute atomic E-state index is 15.0. The van der Waals surface area contributed by atoms with Crippen molar-refractivity contribution in [3.05, 3.63) is 161 Å². The average Bonchev–Trinajstić information content (AvgIpc) is 3.19. The fourth-order valence-electron chi connectivity index (χ4n) is 7.42. The quantitative estimate of drug-likeness (QED) is 0.202. The molecule has 7 rings (SSSR count). The average molecular weight is 566 g/mol. The second-order valence-corrected chi connectivity index (χ2v) is 12.4. The van der Waals surface area contributed by atoms with Gasteiger partial charge in [-0.1, -0.05) is 135 Å². The van der Waals surface area contributed by atoms with E-state index in [1.54, 1.807) is 0 Å². The van der Waals surface area contributed by atoms with Gasteiger partial charge in [0.2, 0.25) is 0 Å². The van der Waals surface area contributed by atoms with Crippen molar-refractivity contribution in [3.63, 3.8) is 0 Å². The van der Waals surface area contributed by atoms with Crippen LogP contribution in [0, 0.1) is 5.92 Å². The van der Waals surface area contributed by atoms with Gasteiger partial charge in [0.1, 0.15) is 0 Å². The number of likely N-dealkylation sites (N-methyl/N-ethyl adjacent to an activating group) is 1. The summed E-state index contributed by atoms with van der Waals surface area (Å²) in [4.78, 5) is 17.4. The van der Waals surface area contributed by atoms with Gasteiger partial charge in [0, 0.05) is 34.1 Å². The van der Waals surface area contributed by atoms with Gasteiger partial charge in [-0.3, -0.25) is 4.79 Å². The van der Waals surface area contributed by atoms with Gasteiger partial charge in [0.05, 0.1) is 11.5 Å². The van der Waals surface area contributed by atoms with Crippen LogP contribution in [-0.2, 0) is 5.41 Å². The zero-order chi connectivity index (χ0) is 29.1. The molecule has 0 bridgehead atoms. The zero-order valence-electron chi connectivity index (χ0n) is 24.0. The number of carbonyl (C=O) groups excluding carboxylic acids is 1. The number of ketones is 1. The van der Waals surface area contributed by atoms with E-state index in [1.807, 2.05) is 60.7 Å². The Morgan fingerprint density at radius 1 is 0.738 bits per heavy atom. The number of anilines is 1. The molecule has 42 heavy (non-hydrogen) atoms. The molecule has 1 aliphatic carbocycles. The van der Waals surface area contributed by atoms with Crippen LogP contribution in [0.4, 0.5) is 5.69 Å². The van der Waals surface area contributed by atoms with Crippen LogP contribution < -0.4 is 4.90 Å². The van der Waals surface area contributed by atoms with Crippen molar-refractivity contribution in [3.8, 4) is 0 Å². The van der Waals surface area contributed by atoms with Gasteiger partial charge < -0.3 is 4.90 Å².